The van der Waals surface area contributed by atoms with Crippen molar-refractivity contribution in [3.63, 3.8) is 0 Å². The van der Waals surface area contributed by atoms with E-state index in [9.17, 15) is 9.90 Å². The van der Waals surface area contributed by atoms with Crippen molar-refractivity contribution in [3.8, 4) is 0 Å². The smallest absolute Gasteiger partial charge is 0.305 e. The molecule has 5 saturated carbocycles. The molecule has 5 rings (SSSR count). The average molecular weight is 1080 g/mol. The predicted molar refractivity (Wildman–Crippen MR) is 325 cm³/mol. The Labute approximate surface area is 465 Å². The molecule has 72 heavy (non-hydrogen) atoms. The van der Waals surface area contributed by atoms with E-state index in [1.807, 2.05) is 0 Å². The number of hydrogen-bond acceptors (Lipinski definition) is 8. The summed E-state index contributed by atoms with van der Waals surface area (Å²) in [6.07, 6.45) is 45.3. The van der Waals surface area contributed by atoms with Crippen molar-refractivity contribution in [3.05, 3.63) is 0 Å². The average Bonchev–Trinajstić information content (AvgIpc) is 4.10. The summed E-state index contributed by atoms with van der Waals surface area (Å²) in [4.78, 5) is 15.7. The SMILES string of the molecule is CCC1CC1CC1CC1CCSC(CCC(=O)OCCCCCCN(CCCCO)CCCCCCCCC(SCCC(C)CCCC(C)C)SCCC(C)CCC1CC1)SCCC1CC1CC1CC1CC. The van der Waals surface area contributed by atoms with E-state index in [0.29, 0.717) is 24.2 Å². The highest BCUT2D eigenvalue weighted by atomic mass is 32.2. The van der Waals surface area contributed by atoms with Crippen LogP contribution in [0, 0.1) is 71.0 Å². The van der Waals surface area contributed by atoms with Gasteiger partial charge in [0.25, 0.3) is 0 Å². The van der Waals surface area contributed by atoms with Gasteiger partial charge in [0.05, 0.1) is 15.8 Å². The summed E-state index contributed by atoms with van der Waals surface area (Å²) in [5, 5.41) is 9.47. The van der Waals surface area contributed by atoms with E-state index in [0.717, 1.165) is 121 Å². The molecule has 0 amide bonds. The van der Waals surface area contributed by atoms with E-state index in [-0.39, 0.29) is 5.97 Å². The van der Waals surface area contributed by atoms with Crippen LogP contribution in [0.5, 0.6) is 0 Å². The minimum absolute atomic E-state index is 0.0330. The van der Waals surface area contributed by atoms with Crippen LogP contribution in [0.4, 0.5) is 0 Å². The van der Waals surface area contributed by atoms with Gasteiger partial charge in [-0.1, -0.05) is 144 Å². The van der Waals surface area contributed by atoms with E-state index >= 15 is 0 Å². The molecule has 5 fully saturated rings. The molecular weight excluding hydrogens is 959 g/mol. The second kappa shape index (κ2) is 38.4. The molecule has 0 heterocycles. The van der Waals surface area contributed by atoms with Crippen LogP contribution in [0.2, 0.25) is 0 Å². The van der Waals surface area contributed by atoms with E-state index in [1.54, 1.807) is 0 Å². The molecule has 11 unspecified atom stereocenters. The van der Waals surface area contributed by atoms with Gasteiger partial charge in [-0.15, -0.1) is 47.0 Å². The monoisotopic (exact) mass is 1080 g/mol. The summed E-state index contributed by atoms with van der Waals surface area (Å²) >= 11 is 8.95. The van der Waals surface area contributed by atoms with Gasteiger partial charge in [-0.3, -0.25) is 4.79 Å². The number of aliphatic hydroxyl groups excluding tert-OH is 1. The van der Waals surface area contributed by atoms with Crippen molar-refractivity contribution in [1.29, 1.82) is 0 Å². The predicted octanol–water partition coefficient (Wildman–Crippen LogP) is 19.3. The fourth-order valence-corrected chi connectivity index (χ4v) is 18.5. The van der Waals surface area contributed by atoms with Crippen molar-refractivity contribution in [2.45, 2.75) is 269 Å². The highest BCUT2D eigenvalue weighted by Crippen LogP contribution is 2.55. The fraction of sp³-hybridized carbons (Fsp3) is 0.984. The number of thioether (sulfide) groups is 4. The molecule has 0 radical (unpaired) electrons. The van der Waals surface area contributed by atoms with Gasteiger partial charge in [0.1, 0.15) is 0 Å². The van der Waals surface area contributed by atoms with E-state index in [4.69, 9.17) is 4.74 Å². The zero-order chi connectivity index (χ0) is 51.2. The standard InChI is InChI=1S/C64H119NO3S4/c1-7-54-44-58(54)48-60-46-56(60)33-42-71-64(72-43-34-57-47-61(57)49-59-45-55(59)8-2)30-29-62(67)68-39-20-14-13-17-36-65(37-18-19-38-66)35-16-12-10-9-11-15-24-63(69-40-31-51(5)23-21-22-50(3)4)70-41-32-52(6)25-26-53-27-28-53/h50-61,63-64,66H,7-49H2,1-6H3. The number of aliphatic hydroxyl groups is 1. The van der Waals surface area contributed by atoms with Crippen LogP contribution in [-0.4, -0.2) is 81.0 Å². The Morgan fingerprint density at radius 2 is 0.986 bits per heavy atom. The Bertz CT molecular complexity index is 1310. The number of hydrogen-bond donors (Lipinski definition) is 1. The van der Waals surface area contributed by atoms with Crippen molar-refractivity contribution in [1.82, 2.24) is 4.90 Å². The molecule has 0 bridgehead atoms. The number of carbonyl (C=O) groups is 1. The van der Waals surface area contributed by atoms with Crippen molar-refractivity contribution in [2.24, 2.45) is 71.0 Å². The lowest BCUT2D eigenvalue weighted by molar-refractivity contribution is -0.143. The molecule has 0 aliphatic heterocycles. The summed E-state index contributed by atoms with van der Waals surface area (Å²) < 4.78 is 7.17. The van der Waals surface area contributed by atoms with Gasteiger partial charge < -0.3 is 14.7 Å². The van der Waals surface area contributed by atoms with Gasteiger partial charge in [-0.25, -0.2) is 0 Å². The third-order valence-electron chi connectivity index (χ3n) is 18.5. The minimum Gasteiger partial charge on any atom is -0.466 e. The van der Waals surface area contributed by atoms with Gasteiger partial charge in [0.2, 0.25) is 0 Å². The lowest BCUT2D eigenvalue weighted by Gasteiger charge is -2.22. The summed E-state index contributed by atoms with van der Waals surface area (Å²) in [7, 11) is 0. The number of rotatable bonds is 52. The molecule has 4 nitrogen and oxygen atoms in total. The fourth-order valence-electron chi connectivity index (χ4n) is 12.3. The number of esters is 1. The van der Waals surface area contributed by atoms with Gasteiger partial charge in [-0.2, -0.15) is 0 Å². The van der Waals surface area contributed by atoms with Crippen LogP contribution in [0.15, 0.2) is 0 Å². The third-order valence-corrected chi connectivity index (χ3v) is 24.4. The normalized spacial score (nSPS) is 26.0. The minimum atomic E-state index is 0.0330. The first kappa shape index (κ1) is 63.6. The maximum Gasteiger partial charge on any atom is 0.305 e. The maximum atomic E-state index is 13.0. The van der Waals surface area contributed by atoms with Crippen LogP contribution >= 0.6 is 47.0 Å². The lowest BCUT2D eigenvalue weighted by atomic mass is 9.98. The molecule has 0 spiro atoms. The number of unbranched alkanes of at least 4 members (excludes halogenated alkanes) is 9. The third kappa shape index (κ3) is 30.8. The molecule has 1 N–H and O–H groups in total. The van der Waals surface area contributed by atoms with Crippen molar-refractivity contribution in [2.75, 3.05) is 55.9 Å². The summed E-state index contributed by atoms with van der Waals surface area (Å²) in [6, 6.07) is 0. The molecule has 0 saturated heterocycles. The molecule has 11 atom stereocenters. The largest absolute Gasteiger partial charge is 0.466 e. The zero-order valence-electron chi connectivity index (χ0n) is 48.3. The lowest BCUT2D eigenvalue weighted by Crippen LogP contribution is -2.27. The van der Waals surface area contributed by atoms with Gasteiger partial charge in [0.15, 0.2) is 0 Å². The van der Waals surface area contributed by atoms with Crippen LogP contribution in [-0.2, 0) is 9.53 Å². The molecule has 8 heteroatoms. The van der Waals surface area contributed by atoms with Crippen molar-refractivity contribution >= 4 is 53.0 Å². The molecular formula is C64H119NO3S4. The first-order chi connectivity index (χ1) is 35.1. The van der Waals surface area contributed by atoms with Gasteiger partial charge in [-0.05, 0) is 223 Å². The van der Waals surface area contributed by atoms with Crippen LogP contribution in [0.25, 0.3) is 0 Å². The molecule has 5 aliphatic rings. The first-order valence-corrected chi connectivity index (χ1v) is 36.3. The number of nitrogens with zero attached hydrogens (tertiary/aromatic N) is 1. The Kier molecular flexibility index (Phi) is 33.9. The number of ether oxygens (including phenoxy) is 1. The Morgan fingerprint density at radius 1 is 0.500 bits per heavy atom. The van der Waals surface area contributed by atoms with Crippen LogP contribution in [0.3, 0.4) is 0 Å². The molecule has 422 valence electrons. The van der Waals surface area contributed by atoms with E-state index in [1.165, 1.54) is 209 Å². The zero-order valence-corrected chi connectivity index (χ0v) is 51.6. The quantitative estimate of drug-likeness (QED) is 0.0367. The summed E-state index contributed by atoms with van der Waals surface area (Å²) in [5.41, 5.74) is 0. The van der Waals surface area contributed by atoms with Crippen LogP contribution in [0.1, 0.15) is 260 Å². The highest BCUT2D eigenvalue weighted by Gasteiger charge is 2.45. The van der Waals surface area contributed by atoms with E-state index in [2.05, 4.69) is 93.5 Å². The molecule has 0 aromatic heterocycles. The van der Waals surface area contributed by atoms with Crippen LogP contribution < -0.4 is 0 Å². The van der Waals surface area contributed by atoms with Gasteiger partial charge in [0, 0.05) is 13.0 Å². The first-order valence-electron chi connectivity index (χ1n) is 32.1. The second-order valence-electron chi connectivity index (χ2n) is 25.7. The Balaban J connectivity index is 0.876. The molecule has 5 aliphatic carbocycles. The molecule has 0 aromatic rings. The number of carbonyl (C=O) groups excluding carboxylic acids is 1. The highest BCUT2D eigenvalue weighted by molar-refractivity contribution is 8.17. The Hall–Kier alpha value is 0.790. The topological polar surface area (TPSA) is 49.8 Å². The van der Waals surface area contributed by atoms with Gasteiger partial charge >= 0.3 is 5.97 Å². The van der Waals surface area contributed by atoms with Crippen molar-refractivity contribution < 1.29 is 14.6 Å². The molecule has 0 aromatic carbocycles. The Morgan fingerprint density at radius 3 is 1.53 bits per heavy atom. The van der Waals surface area contributed by atoms with E-state index < -0.39 is 0 Å². The summed E-state index contributed by atoms with van der Waals surface area (Å²) in [6.45, 7) is 18.9. The second-order valence-corrected chi connectivity index (χ2v) is 31.6. The maximum absolute atomic E-state index is 13.0. The summed E-state index contributed by atoms with van der Waals surface area (Å²) in [5.74, 6) is 17.2.